The molecule has 0 radical (unpaired) electrons. The lowest BCUT2D eigenvalue weighted by atomic mass is 9.68. The van der Waals surface area contributed by atoms with E-state index in [2.05, 4.69) is 15.3 Å². The molecular formula is C26H36N4O5. The highest BCUT2D eigenvalue weighted by Crippen LogP contribution is 2.42. The number of unbranched alkanes of at least 4 members (excludes halogenated alkanes) is 1. The Morgan fingerprint density at radius 1 is 1.17 bits per heavy atom. The summed E-state index contributed by atoms with van der Waals surface area (Å²) >= 11 is 0. The van der Waals surface area contributed by atoms with Gasteiger partial charge >= 0.3 is 12.1 Å². The molecule has 35 heavy (non-hydrogen) atoms. The van der Waals surface area contributed by atoms with E-state index >= 15 is 0 Å². The number of carbonyl (C=O) groups excluding carboxylic acids is 1. The Bertz CT molecular complexity index is 939. The van der Waals surface area contributed by atoms with Gasteiger partial charge in [0, 0.05) is 24.4 Å². The normalized spacial score (nSPS) is 16.9. The molecule has 1 aromatic carbocycles. The van der Waals surface area contributed by atoms with Crippen molar-refractivity contribution in [1.82, 2.24) is 20.2 Å². The van der Waals surface area contributed by atoms with Gasteiger partial charge in [0.05, 0.1) is 18.7 Å². The van der Waals surface area contributed by atoms with Crippen LogP contribution in [-0.4, -0.2) is 62.4 Å². The minimum Gasteiger partial charge on any atom is -0.465 e. The zero-order valence-corrected chi connectivity index (χ0v) is 20.5. The van der Waals surface area contributed by atoms with Gasteiger partial charge in [-0.15, -0.1) is 0 Å². The molecule has 1 heterocycles. The summed E-state index contributed by atoms with van der Waals surface area (Å²) in [5.74, 6) is -0.578. The fourth-order valence-corrected chi connectivity index (χ4v) is 4.49. The molecule has 1 aromatic heterocycles. The number of rotatable bonds is 13. The van der Waals surface area contributed by atoms with E-state index in [4.69, 9.17) is 4.74 Å². The molecule has 1 saturated carbocycles. The van der Waals surface area contributed by atoms with E-state index in [1.165, 1.54) is 4.90 Å². The average Bonchev–Trinajstić information content (AvgIpc) is 2.85. The second-order valence-corrected chi connectivity index (χ2v) is 9.38. The Labute approximate surface area is 206 Å². The third-order valence-corrected chi connectivity index (χ3v) is 6.76. The average molecular weight is 485 g/mol. The summed E-state index contributed by atoms with van der Waals surface area (Å²) in [6, 6.07) is 10.2. The Balaban J connectivity index is 1.73. The standard InChI is InChI=1S/C26H36N4O5/c1-3-4-12-21(22(31)23(32)29-19(2)20-10-6-5-7-11-20)30(25(33)34)17-26(13-8-14-26)18-35-24-27-15-9-16-28-24/h5-7,9-11,15-16,19,21-22,31H,3-4,8,12-14,17-18H2,1-2H3,(H,29,32)(H,33,34)/t19-,21+,22?/m1/s1. The van der Waals surface area contributed by atoms with Crippen molar-refractivity contribution in [3.05, 3.63) is 54.4 Å². The van der Waals surface area contributed by atoms with Crippen molar-refractivity contribution in [1.29, 1.82) is 0 Å². The molecule has 1 aliphatic carbocycles. The summed E-state index contributed by atoms with van der Waals surface area (Å²) in [5.41, 5.74) is 0.497. The first-order valence-corrected chi connectivity index (χ1v) is 12.3. The zero-order chi connectivity index (χ0) is 25.3. The van der Waals surface area contributed by atoms with Crippen LogP contribution in [0.3, 0.4) is 0 Å². The maximum absolute atomic E-state index is 13.0. The fraction of sp³-hybridized carbons (Fsp3) is 0.538. The molecule has 3 N–H and O–H groups in total. The Morgan fingerprint density at radius 2 is 1.86 bits per heavy atom. The quantitative estimate of drug-likeness (QED) is 0.395. The van der Waals surface area contributed by atoms with Crippen molar-refractivity contribution in [3.63, 3.8) is 0 Å². The van der Waals surface area contributed by atoms with Crippen LogP contribution < -0.4 is 10.1 Å². The number of carboxylic acid groups (broad SMARTS) is 1. The number of hydrogen-bond donors (Lipinski definition) is 3. The van der Waals surface area contributed by atoms with E-state index in [1.807, 2.05) is 44.2 Å². The van der Waals surface area contributed by atoms with E-state index in [0.29, 0.717) is 12.8 Å². The van der Waals surface area contributed by atoms with E-state index < -0.39 is 29.6 Å². The molecule has 2 amide bonds. The third-order valence-electron chi connectivity index (χ3n) is 6.76. The van der Waals surface area contributed by atoms with Gasteiger partial charge in [0.1, 0.15) is 0 Å². The third kappa shape index (κ3) is 7.14. The van der Waals surface area contributed by atoms with E-state index in [1.54, 1.807) is 18.5 Å². The van der Waals surface area contributed by atoms with Crippen LogP contribution in [0.5, 0.6) is 6.01 Å². The monoisotopic (exact) mass is 484 g/mol. The SMILES string of the molecule is CCCC[C@@H](C(O)C(=O)N[C@H](C)c1ccccc1)N(CC1(COc2ncccn2)CCC1)C(=O)O. The van der Waals surface area contributed by atoms with Crippen molar-refractivity contribution in [3.8, 4) is 6.01 Å². The molecule has 0 saturated heterocycles. The van der Waals surface area contributed by atoms with Crippen LogP contribution in [0.1, 0.15) is 64.0 Å². The number of amides is 2. The number of hydrogen-bond acceptors (Lipinski definition) is 6. The lowest BCUT2D eigenvalue weighted by Gasteiger charge is -2.46. The number of aromatic nitrogens is 2. The first-order chi connectivity index (χ1) is 16.8. The van der Waals surface area contributed by atoms with Gasteiger partial charge in [-0.3, -0.25) is 4.79 Å². The minimum atomic E-state index is -1.49. The lowest BCUT2D eigenvalue weighted by Crippen LogP contribution is -2.57. The summed E-state index contributed by atoms with van der Waals surface area (Å²) < 4.78 is 5.78. The fourth-order valence-electron chi connectivity index (χ4n) is 4.49. The van der Waals surface area contributed by atoms with Crippen molar-refractivity contribution in [2.45, 2.75) is 70.6 Å². The van der Waals surface area contributed by atoms with Crippen molar-refractivity contribution < 1.29 is 24.5 Å². The number of carbonyl (C=O) groups is 2. The van der Waals surface area contributed by atoms with Gasteiger partial charge < -0.3 is 25.2 Å². The predicted octanol–water partition coefficient (Wildman–Crippen LogP) is 3.80. The van der Waals surface area contributed by atoms with Gasteiger partial charge in [-0.25, -0.2) is 14.8 Å². The molecule has 1 aliphatic rings. The number of aliphatic hydroxyl groups is 1. The molecule has 0 spiro atoms. The van der Waals surface area contributed by atoms with Crippen LogP contribution in [0.25, 0.3) is 0 Å². The second-order valence-electron chi connectivity index (χ2n) is 9.38. The largest absolute Gasteiger partial charge is 0.465 e. The molecule has 1 fully saturated rings. The van der Waals surface area contributed by atoms with Crippen LogP contribution in [0, 0.1) is 5.41 Å². The van der Waals surface area contributed by atoms with Gasteiger partial charge in [-0.1, -0.05) is 56.5 Å². The van der Waals surface area contributed by atoms with Gasteiger partial charge in [-0.05, 0) is 37.8 Å². The van der Waals surface area contributed by atoms with Gasteiger partial charge in [-0.2, -0.15) is 0 Å². The summed E-state index contributed by atoms with van der Waals surface area (Å²) in [6.45, 7) is 4.27. The summed E-state index contributed by atoms with van der Waals surface area (Å²) in [6.07, 6.45) is 4.97. The van der Waals surface area contributed by atoms with Crippen LogP contribution in [0.4, 0.5) is 4.79 Å². The minimum absolute atomic E-state index is 0.169. The first-order valence-electron chi connectivity index (χ1n) is 12.3. The zero-order valence-electron chi connectivity index (χ0n) is 20.5. The van der Waals surface area contributed by atoms with Crippen LogP contribution in [0.15, 0.2) is 48.8 Å². The highest BCUT2D eigenvalue weighted by Gasteiger charge is 2.44. The molecule has 0 bridgehead atoms. The van der Waals surface area contributed by atoms with Crippen LogP contribution in [-0.2, 0) is 4.79 Å². The Kier molecular flexibility index (Phi) is 9.42. The number of ether oxygens (including phenoxy) is 1. The number of nitrogens with one attached hydrogen (secondary N) is 1. The smallest absolute Gasteiger partial charge is 0.407 e. The van der Waals surface area contributed by atoms with Crippen molar-refractivity contribution >= 4 is 12.0 Å². The highest BCUT2D eigenvalue weighted by atomic mass is 16.5. The maximum atomic E-state index is 13.0. The first kappa shape index (κ1) is 26.4. The topological polar surface area (TPSA) is 125 Å². The summed E-state index contributed by atoms with van der Waals surface area (Å²) in [7, 11) is 0. The second kappa shape index (κ2) is 12.5. The summed E-state index contributed by atoms with van der Waals surface area (Å²) in [5, 5.41) is 24.0. The van der Waals surface area contributed by atoms with Gasteiger partial charge in [0.25, 0.3) is 5.91 Å². The molecule has 1 unspecified atom stereocenters. The molecule has 9 heteroatoms. The van der Waals surface area contributed by atoms with Crippen LogP contribution in [0.2, 0.25) is 0 Å². The van der Waals surface area contributed by atoms with E-state index in [-0.39, 0.29) is 25.2 Å². The van der Waals surface area contributed by atoms with E-state index in [0.717, 1.165) is 31.2 Å². The van der Waals surface area contributed by atoms with Crippen LogP contribution >= 0.6 is 0 Å². The molecule has 9 nitrogen and oxygen atoms in total. The van der Waals surface area contributed by atoms with E-state index in [9.17, 15) is 19.8 Å². The predicted molar refractivity (Wildman–Crippen MR) is 131 cm³/mol. The maximum Gasteiger partial charge on any atom is 0.407 e. The molecule has 0 aliphatic heterocycles. The molecule has 190 valence electrons. The Morgan fingerprint density at radius 3 is 2.43 bits per heavy atom. The molecular weight excluding hydrogens is 448 g/mol. The lowest BCUT2D eigenvalue weighted by molar-refractivity contribution is -0.134. The van der Waals surface area contributed by atoms with Crippen molar-refractivity contribution in [2.75, 3.05) is 13.2 Å². The number of nitrogens with zero attached hydrogens (tertiary/aromatic N) is 3. The summed E-state index contributed by atoms with van der Waals surface area (Å²) in [4.78, 5) is 34.8. The number of aliphatic hydroxyl groups excluding tert-OH is 1. The Hall–Kier alpha value is -3.20. The van der Waals surface area contributed by atoms with Crippen molar-refractivity contribution in [2.24, 2.45) is 5.41 Å². The number of benzene rings is 1. The van der Waals surface area contributed by atoms with Gasteiger partial charge in [0.15, 0.2) is 6.10 Å². The molecule has 3 atom stereocenters. The van der Waals surface area contributed by atoms with Gasteiger partial charge in [0.2, 0.25) is 0 Å². The molecule has 2 aromatic rings. The highest BCUT2D eigenvalue weighted by molar-refractivity contribution is 5.82. The molecule has 3 rings (SSSR count).